The van der Waals surface area contributed by atoms with E-state index in [-0.39, 0.29) is 11.9 Å². The lowest BCUT2D eigenvalue weighted by Crippen LogP contribution is -2.41. The van der Waals surface area contributed by atoms with Gasteiger partial charge >= 0.3 is 0 Å². The highest BCUT2D eigenvalue weighted by Crippen LogP contribution is 2.43. The van der Waals surface area contributed by atoms with Gasteiger partial charge < -0.3 is 26.3 Å². The lowest BCUT2D eigenvalue weighted by Gasteiger charge is -2.31. The number of aromatic nitrogens is 6. The lowest BCUT2D eigenvalue weighted by atomic mass is 10.0. The largest absolute Gasteiger partial charge is 0.386 e. The molecule has 0 spiro atoms. The highest BCUT2D eigenvalue weighted by molar-refractivity contribution is 6.15. The topological polar surface area (TPSA) is 125 Å². The quantitative estimate of drug-likeness (QED) is 0.324. The Balaban J connectivity index is 1.41. The summed E-state index contributed by atoms with van der Waals surface area (Å²) in [6.07, 6.45) is 7.24. The molecule has 11 heteroatoms. The molecule has 5 N–H and O–H groups in total. The fraction of sp³-hybridized carbons (Fsp3) is 0.304. The molecule has 1 aliphatic carbocycles. The molecule has 1 saturated carbocycles. The predicted octanol–water partition coefficient (Wildman–Crippen LogP) is 3.00. The van der Waals surface area contributed by atoms with Crippen LogP contribution in [0.15, 0.2) is 36.8 Å². The van der Waals surface area contributed by atoms with Crippen LogP contribution in [-0.2, 0) is 0 Å². The molecule has 4 aromatic heterocycles. The summed E-state index contributed by atoms with van der Waals surface area (Å²) in [4.78, 5) is 19.8. The molecule has 0 radical (unpaired) electrons. The molecule has 1 saturated heterocycles. The lowest BCUT2D eigenvalue weighted by molar-refractivity contribution is 0.471. The number of halogens is 1. The number of benzene rings is 1. The van der Waals surface area contributed by atoms with E-state index in [1.54, 1.807) is 30.0 Å². The summed E-state index contributed by atoms with van der Waals surface area (Å²) in [5.74, 6) is 1.35. The van der Waals surface area contributed by atoms with Gasteiger partial charge in [-0.1, -0.05) is 0 Å². The average Bonchev–Trinajstić information content (AvgIpc) is 3.60. The summed E-state index contributed by atoms with van der Waals surface area (Å²) >= 11 is 0. The molecule has 10 nitrogen and oxygen atoms in total. The Morgan fingerprint density at radius 3 is 2.94 bits per heavy atom. The predicted molar refractivity (Wildman–Crippen MR) is 129 cm³/mol. The van der Waals surface area contributed by atoms with Crippen LogP contribution < -0.4 is 21.3 Å². The van der Waals surface area contributed by atoms with Crippen LogP contribution in [0.25, 0.3) is 27.6 Å². The maximum atomic E-state index is 14.5. The Kier molecular flexibility index (Phi) is 4.01. The van der Waals surface area contributed by atoms with Crippen molar-refractivity contribution in [2.75, 3.05) is 29.1 Å². The summed E-state index contributed by atoms with van der Waals surface area (Å²) < 4.78 is 16.2. The third-order valence-electron chi connectivity index (χ3n) is 7.15. The number of aromatic amines is 1. The molecule has 5 aromatic rings. The van der Waals surface area contributed by atoms with Crippen LogP contribution in [0.4, 0.5) is 27.5 Å². The SMILES string of the molecule is CNc1cc(F)cc2c1[nH]c1nc(Nc3cnc4ccnn4c3)nc(N3C[C@H]4CC3CC4N)c12. The average molecular weight is 459 g/mol. The first kappa shape index (κ1) is 19.5. The first-order valence-electron chi connectivity index (χ1n) is 11.4. The Hall–Kier alpha value is -3.99. The third kappa shape index (κ3) is 2.83. The van der Waals surface area contributed by atoms with Gasteiger partial charge in [-0.05, 0) is 30.9 Å². The number of nitrogens with two attached hydrogens (primary N) is 1. The van der Waals surface area contributed by atoms with Gasteiger partial charge in [-0.15, -0.1) is 0 Å². The normalized spacial score (nSPS) is 21.9. The minimum absolute atomic E-state index is 0.222. The van der Waals surface area contributed by atoms with Gasteiger partial charge in [0.25, 0.3) is 0 Å². The van der Waals surface area contributed by atoms with Crippen molar-refractivity contribution in [3.8, 4) is 0 Å². The molecule has 34 heavy (non-hydrogen) atoms. The summed E-state index contributed by atoms with van der Waals surface area (Å²) in [7, 11) is 1.78. The molecule has 3 atom stereocenters. The van der Waals surface area contributed by atoms with E-state index in [0.717, 1.165) is 47.1 Å². The van der Waals surface area contributed by atoms with Crippen molar-refractivity contribution >= 4 is 50.7 Å². The zero-order chi connectivity index (χ0) is 23.0. The third-order valence-corrected chi connectivity index (χ3v) is 7.15. The van der Waals surface area contributed by atoms with E-state index in [4.69, 9.17) is 15.7 Å². The maximum absolute atomic E-state index is 14.5. The monoisotopic (exact) mass is 458 g/mol. The van der Waals surface area contributed by atoms with Crippen LogP contribution in [0.2, 0.25) is 0 Å². The minimum atomic E-state index is -0.311. The molecule has 2 fully saturated rings. The Morgan fingerprint density at radius 1 is 1.24 bits per heavy atom. The van der Waals surface area contributed by atoms with Crippen molar-refractivity contribution in [3.05, 3.63) is 42.6 Å². The van der Waals surface area contributed by atoms with Crippen molar-refractivity contribution < 1.29 is 4.39 Å². The van der Waals surface area contributed by atoms with Crippen molar-refractivity contribution in [1.29, 1.82) is 0 Å². The number of hydrogen-bond acceptors (Lipinski definition) is 8. The Bertz CT molecular complexity index is 1570. The zero-order valence-electron chi connectivity index (χ0n) is 18.5. The first-order valence-corrected chi connectivity index (χ1v) is 11.4. The minimum Gasteiger partial charge on any atom is -0.386 e. The van der Waals surface area contributed by atoms with E-state index >= 15 is 0 Å². The standard InChI is InChI=1S/C23H23FN10/c1-26-17-6-12(24)5-15-19-21(30-20(15)17)31-23(29-13-8-27-18-2-3-28-34(18)10-13)32-22(19)33-9-11-4-14(33)7-16(11)25/h2-3,5-6,8,10-11,14,16,26H,4,7,9,25H2,1H3,(H2,29,30,31,32)/t11-,14?,16?/m1/s1. The van der Waals surface area contributed by atoms with Crippen LogP contribution >= 0.6 is 0 Å². The number of fused-ring (bicyclic) bond motifs is 6. The Morgan fingerprint density at radius 2 is 2.15 bits per heavy atom. The summed E-state index contributed by atoms with van der Waals surface area (Å²) in [6.45, 7) is 0.832. The molecule has 2 bridgehead atoms. The molecular weight excluding hydrogens is 435 g/mol. The number of nitrogens with one attached hydrogen (secondary N) is 3. The maximum Gasteiger partial charge on any atom is 0.231 e. The number of H-pyrrole nitrogens is 1. The molecule has 2 unspecified atom stereocenters. The summed E-state index contributed by atoms with van der Waals surface area (Å²) in [6, 6.07) is 5.39. The van der Waals surface area contributed by atoms with Gasteiger partial charge in [-0.25, -0.2) is 13.9 Å². The molecule has 172 valence electrons. The van der Waals surface area contributed by atoms with Crippen LogP contribution in [0, 0.1) is 11.7 Å². The molecule has 1 aliphatic heterocycles. The number of rotatable bonds is 4. The van der Waals surface area contributed by atoms with Gasteiger partial charge in [0.1, 0.15) is 17.3 Å². The van der Waals surface area contributed by atoms with Crippen molar-refractivity contribution in [1.82, 2.24) is 29.5 Å². The van der Waals surface area contributed by atoms with E-state index in [1.807, 2.05) is 12.3 Å². The second kappa shape index (κ2) is 7.00. The Labute approximate surface area is 193 Å². The van der Waals surface area contributed by atoms with Crippen LogP contribution in [-0.4, -0.2) is 55.2 Å². The van der Waals surface area contributed by atoms with Crippen LogP contribution in [0.1, 0.15) is 12.8 Å². The van der Waals surface area contributed by atoms with Gasteiger partial charge in [0, 0.05) is 37.1 Å². The molecule has 1 aromatic carbocycles. The molecule has 0 amide bonds. The van der Waals surface area contributed by atoms with E-state index in [2.05, 4.69) is 30.6 Å². The number of nitrogens with zero attached hydrogens (tertiary/aromatic N) is 6. The van der Waals surface area contributed by atoms with E-state index in [0.29, 0.717) is 34.9 Å². The first-order chi connectivity index (χ1) is 16.6. The van der Waals surface area contributed by atoms with Crippen molar-refractivity contribution in [2.45, 2.75) is 24.9 Å². The summed E-state index contributed by atoms with van der Waals surface area (Å²) in [5, 5.41) is 12.2. The van der Waals surface area contributed by atoms with Crippen molar-refractivity contribution in [3.63, 3.8) is 0 Å². The second-order valence-corrected chi connectivity index (χ2v) is 9.15. The fourth-order valence-corrected chi connectivity index (χ4v) is 5.56. The zero-order valence-corrected chi connectivity index (χ0v) is 18.5. The number of anilines is 4. The van der Waals surface area contributed by atoms with E-state index in [1.165, 1.54) is 6.07 Å². The van der Waals surface area contributed by atoms with E-state index < -0.39 is 0 Å². The molecule has 5 heterocycles. The van der Waals surface area contributed by atoms with Gasteiger partial charge in [0.2, 0.25) is 5.95 Å². The number of piperidine rings is 1. The van der Waals surface area contributed by atoms with Gasteiger partial charge in [-0.3, -0.25) is 0 Å². The number of hydrogen-bond donors (Lipinski definition) is 4. The highest BCUT2D eigenvalue weighted by atomic mass is 19.1. The van der Waals surface area contributed by atoms with Crippen LogP contribution in [0.3, 0.4) is 0 Å². The molecule has 2 aliphatic rings. The molecular formula is C23H23FN10. The molecule has 7 rings (SSSR count). The summed E-state index contributed by atoms with van der Waals surface area (Å²) in [5.41, 5.74) is 9.90. The highest BCUT2D eigenvalue weighted by Gasteiger charge is 2.44. The fourth-order valence-electron chi connectivity index (χ4n) is 5.56. The smallest absolute Gasteiger partial charge is 0.231 e. The van der Waals surface area contributed by atoms with E-state index in [9.17, 15) is 4.39 Å². The van der Waals surface area contributed by atoms with Gasteiger partial charge in [0.05, 0.1) is 40.9 Å². The van der Waals surface area contributed by atoms with Crippen molar-refractivity contribution in [2.24, 2.45) is 11.7 Å². The van der Waals surface area contributed by atoms with Crippen LogP contribution in [0.5, 0.6) is 0 Å². The van der Waals surface area contributed by atoms with Gasteiger partial charge in [-0.2, -0.15) is 15.1 Å². The van der Waals surface area contributed by atoms with Gasteiger partial charge in [0.15, 0.2) is 5.65 Å². The second-order valence-electron chi connectivity index (χ2n) is 9.15.